The molecule has 1 aliphatic heterocycles. The van der Waals surface area contributed by atoms with E-state index in [-0.39, 0.29) is 12.6 Å². The Labute approximate surface area is 145 Å². The topological polar surface area (TPSA) is 84.7 Å². The van der Waals surface area contributed by atoms with Crippen LogP contribution in [0.1, 0.15) is 11.1 Å². The summed E-state index contributed by atoms with van der Waals surface area (Å²) >= 11 is 0. The molecule has 1 heterocycles. The van der Waals surface area contributed by atoms with Crippen LogP contribution in [0.2, 0.25) is 0 Å². The Morgan fingerprint density at radius 1 is 1.12 bits per heavy atom. The van der Waals surface area contributed by atoms with Gasteiger partial charge in [0.2, 0.25) is 5.91 Å². The van der Waals surface area contributed by atoms with E-state index in [0.29, 0.717) is 13.2 Å². The number of nitrogens with one attached hydrogen (secondary N) is 1. The molecule has 4 rings (SSSR count). The number of amides is 3. The van der Waals surface area contributed by atoms with Gasteiger partial charge in [0.25, 0.3) is 0 Å². The average molecular weight is 337 g/mol. The highest BCUT2D eigenvalue weighted by Crippen LogP contribution is 2.37. The van der Waals surface area contributed by atoms with Gasteiger partial charge in [-0.05, 0) is 40.8 Å². The second kappa shape index (κ2) is 6.22. The first kappa shape index (κ1) is 15.7. The second-order valence-electron chi connectivity index (χ2n) is 6.34. The minimum atomic E-state index is -0.742. The molecule has 2 aromatic carbocycles. The minimum absolute atomic E-state index is 0.178. The van der Waals surface area contributed by atoms with Gasteiger partial charge in [0.15, 0.2) is 6.10 Å². The van der Waals surface area contributed by atoms with Crippen molar-refractivity contribution in [2.45, 2.75) is 12.5 Å². The highest BCUT2D eigenvalue weighted by molar-refractivity contribution is 5.91. The van der Waals surface area contributed by atoms with E-state index in [1.54, 1.807) is 4.90 Å². The first-order valence-electron chi connectivity index (χ1n) is 8.30. The SMILES string of the molecule is NC(=O)[C@H]1CN(C(=O)Nc2ccc3c(c2)Cc2ccccc2-3)CCO1. The molecular formula is C19H19N3O3. The van der Waals surface area contributed by atoms with Crippen LogP contribution in [-0.4, -0.2) is 42.6 Å². The average Bonchev–Trinajstić information content (AvgIpc) is 2.99. The Bertz CT molecular complexity index is 850. The fourth-order valence-corrected chi connectivity index (χ4v) is 3.43. The predicted octanol–water partition coefficient (Wildman–Crippen LogP) is 1.98. The number of nitrogens with zero attached hydrogens (tertiary/aromatic N) is 1. The molecule has 3 N–H and O–H groups in total. The predicted molar refractivity (Wildman–Crippen MR) is 94.2 cm³/mol. The third-order valence-electron chi connectivity index (χ3n) is 4.72. The lowest BCUT2D eigenvalue weighted by atomic mass is 10.1. The van der Waals surface area contributed by atoms with Gasteiger partial charge in [0.1, 0.15) is 0 Å². The van der Waals surface area contributed by atoms with E-state index in [9.17, 15) is 9.59 Å². The zero-order valence-corrected chi connectivity index (χ0v) is 13.7. The molecule has 1 fully saturated rings. The van der Waals surface area contributed by atoms with Crippen molar-refractivity contribution in [2.24, 2.45) is 5.73 Å². The summed E-state index contributed by atoms with van der Waals surface area (Å²) in [6.45, 7) is 0.921. The van der Waals surface area contributed by atoms with Gasteiger partial charge < -0.3 is 20.7 Å². The molecule has 1 atom stereocenters. The molecular weight excluding hydrogens is 318 g/mol. The standard InChI is InChI=1S/C19H19N3O3/c20-18(23)17-11-22(7-8-25-17)19(24)21-14-5-6-16-13(10-14)9-12-3-1-2-4-15(12)16/h1-6,10,17H,7-9,11H2,(H2,20,23)(H,21,24)/t17-/m1/s1. The van der Waals surface area contributed by atoms with Gasteiger partial charge in [-0.2, -0.15) is 0 Å². The van der Waals surface area contributed by atoms with Crippen molar-refractivity contribution in [3.8, 4) is 11.1 Å². The zero-order valence-electron chi connectivity index (χ0n) is 13.7. The molecule has 2 aromatic rings. The highest BCUT2D eigenvalue weighted by atomic mass is 16.5. The number of fused-ring (bicyclic) bond motifs is 3. The molecule has 0 spiro atoms. The van der Waals surface area contributed by atoms with E-state index in [1.165, 1.54) is 22.3 Å². The number of primary amides is 1. The Balaban J connectivity index is 1.48. The first-order valence-corrected chi connectivity index (χ1v) is 8.30. The van der Waals surface area contributed by atoms with Crippen LogP contribution in [0, 0.1) is 0 Å². The molecule has 25 heavy (non-hydrogen) atoms. The molecule has 0 bridgehead atoms. The summed E-state index contributed by atoms with van der Waals surface area (Å²) in [5, 5.41) is 2.91. The van der Waals surface area contributed by atoms with E-state index in [4.69, 9.17) is 10.5 Å². The quantitative estimate of drug-likeness (QED) is 0.750. The highest BCUT2D eigenvalue weighted by Gasteiger charge is 2.28. The summed E-state index contributed by atoms with van der Waals surface area (Å²) in [6, 6.07) is 14.1. The normalized spacial score (nSPS) is 18.4. The summed E-state index contributed by atoms with van der Waals surface area (Å²) in [5.74, 6) is -0.548. The van der Waals surface area contributed by atoms with Crippen LogP contribution in [-0.2, 0) is 16.0 Å². The maximum absolute atomic E-state index is 12.5. The lowest BCUT2D eigenvalue weighted by Crippen LogP contribution is -2.51. The lowest BCUT2D eigenvalue weighted by molar-refractivity contribution is -0.133. The largest absolute Gasteiger partial charge is 0.367 e. The third kappa shape index (κ3) is 2.96. The van der Waals surface area contributed by atoms with Crippen LogP contribution >= 0.6 is 0 Å². The lowest BCUT2D eigenvalue weighted by Gasteiger charge is -2.31. The molecule has 6 nitrogen and oxygen atoms in total. The van der Waals surface area contributed by atoms with E-state index >= 15 is 0 Å². The van der Waals surface area contributed by atoms with Crippen LogP contribution in [0.15, 0.2) is 42.5 Å². The van der Waals surface area contributed by atoms with Gasteiger partial charge in [0, 0.05) is 12.2 Å². The number of carbonyl (C=O) groups excluding carboxylic acids is 2. The maximum atomic E-state index is 12.5. The van der Waals surface area contributed by atoms with E-state index in [1.807, 2.05) is 30.3 Å². The summed E-state index contributed by atoms with van der Waals surface area (Å²) in [6.07, 6.45) is 0.130. The Morgan fingerprint density at radius 3 is 2.76 bits per heavy atom. The number of ether oxygens (including phenoxy) is 1. The second-order valence-corrected chi connectivity index (χ2v) is 6.34. The maximum Gasteiger partial charge on any atom is 0.322 e. The molecule has 1 aliphatic carbocycles. The molecule has 0 aromatic heterocycles. The van der Waals surface area contributed by atoms with Crippen LogP contribution in [0.3, 0.4) is 0 Å². The van der Waals surface area contributed by atoms with E-state index in [2.05, 4.69) is 17.4 Å². The number of hydrogen-bond donors (Lipinski definition) is 2. The van der Waals surface area contributed by atoms with Gasteiger partial charge in [0.05, 0.1) is 13.2 Å². The van der Waals surface area contributed by atoms with Crippen molar-refractivity contribution in [1.82, 2.24) is 4.90 Å². The number of rotatable bonds is 2. The summed E-state index contributed by atoms with van der Waals surface area (Å²) in [4.78, 5) is 25.3. The molecule has 128 valence electrons. The number of benzene rings is 2. The number of urea groups is 1. The fourth-order valence-electron chi connectivity index (χ4n) is 3.43. The van der Waals surface area contributed by atoms with Crippen molar-refractivity contribution >= 4 is 17.6 Å². The van der Waals surface area contributed by atoms with Crippen molar-refractivity contribution in [2.75, 3.05) is 25.0 Å². The summed E-state index contributed by atoms with van der Waals surface area (Å²) in [5.41, 5.74) is 11.0. The number of hydrogen-bond acceptors (Lipinski definition) is 3. The van der Waals surface area contributed by atoms with Gasteiger partial charge in [-0.1, -0.05) is 30.3 Å². The number of morpholine rings is 1. The monoisotopic (exact) mass is 337 g/mol. The number of nitrogens with two attached hydrogens (primary N) is 1. The van der Waals surface area contributed by atoms with Gasteiger partial charge in [-0.3, -0.25) is 4.79 Å². The van der Waals surface area contributed by atoms with Crippen molar-refractivity contribution in [3.05, 3.63) is 53.6 Å². The minimum Gasteiger partial charge on any atom is -0.367 e. The molecule has 1 saturated heterocycles. The van der Waals surface area contributed by atoms with Crippen molar-refractivity contribution in [3.63, 3.8) is 0 Å². The fraction of sp³-hybridized carbons (Fsp3) is 0.263. The molecule has 0 saturated carbocycles. The molecule has 0 unspecified atom stereocenters. The Hall–Kier alpha value is -2.86. The van der Waals surface area contributed by atoms with Crippen LogP contribution < -0.4 is 11.1 Å². The van der Waals surface area contributed by atoms with Crippen molar-refractivity contribution < 1.29 is 14.3 Å². The van der Waals surface area contributed by atoms with Crippen LogP contribution in [0.4, 0.5) is 10.5 Å². The van der Waals surface area contributed by atoms with E-state index < -0.39 is 12.0 Å². The summed E-state index contributed by atoms with van der Waals surface area (Å²) < 4.78 is 5.27. The molecule has 6 heteroatoms. The van der Waals surface area contributed by atoms with Crippen LogP contribution in [0.25, 0.3) is 11.1 Å². The smallest absolute Gasteiger partial charge is 0.322 e. The van der Waals surface area contributed by atoms with Crippen molar-refractivity contribution in [1.29, 1.82) is 0 Å². The van der Waals surface area contributed by atoms with E-state index in [0.717, 1.165) is 12.1 Å². The van der Waals surface area contributed by atoms with Gasteiger partial charge in [-0.25, -0.2) is 4.79 Å². The molecule has 0 radical (unpaired) electrons. The van der Waals surface area contributed by atoms with Gasteiger partial charge in [-0.15, -0.1) is 0 Å². The first-order chi connectivity index (χ1) is 12.1. The van der Waals surface area contributed by atoms with Gasteiger partial charge >= 0.3 is 6.03 Å². The zero-order chi connectivity index (χ0) is 17.4. The Morgan fingerprint density at radius 2 is 1.92 bits per heavy atom. The van der Waals surface area contributed by atoms with Crippen LogP contribution in [0.5, 0.6) is 0 Å². The third-order valence-corrected chi connectivity index (χ3v) is 4.72. The number of anilines is 1. The molecule has 3 amide bonds. The molecule has 2 aliphatic rings. The Kier molecular flexibility index (Phi) is 3.89. The summed E-state index contributed by atoms with van der Waals surface area (Å²) in [7, 11) is 0. The number of carbonyl (C=O) groups is 2.